The fourth-order valence-corrected chi connectivity index (χ4v) is 2.60. The van der Waals surface area contributed by atoms with Crippen molar-refractivity contribution in [1.82, 2.24) is 5.32 Å². The van der Waals surface area contributed by atoms with Crippen LogP contribution in [0.15, 0.2) is 30.3 Å². The van der Waals surface area contributed by atoms with E-state index in [4.69, 9.17) is 9.47 Å². The van der Waals surface area contributed by atoms with Gasteiger partial charge in [-0.2, -0.15) is 0 Å². The van der Waals surface area contributed by atoms with Gasteiger partial charge in [-0.1, -0.05) is 56.5 Å². The number of nitrogens with one attached hydrogen (secondary N) is 1. The van der Waals surface area contributed by atoms with E-state index < -0.39 is 0 Å². The molecule has 1 heterocycles. The molecule has 1 aliphatic heterocycles. The molecule has 1 N–H and O–H groups in total. The van der Waals surface area contributed by atoms with Gasteiger partial charge < -0.3 is 14.8 Å². The molecule has 0 radical (unpaired) electrons. The number of hydrogen-bond acceptors (Lipinski definition) is 3. The van der Waals surface area contributed by atoms with Gasteiger partial charge in [0.2, 0.25) is 0 Å². The quantitative estimate of drug-likeness (QED) is 0.739. The molecule has 0 aliphatic carbocycles. The van der Waals surface area contributed by atoms with Crippen LogP contribution in [-0.2, 0) is 9.47 Å². The van der Waals surface area contributed by atoms with E-state index in [0.29, 0.717) is 12.6 Å². The van der Waals surface area contributed by atoms with E-state index in [1.165, 1.54) is 31.2 Å². The van der Waals surface area contributed by atoms with Crippen LogP contribution in [0.4, 0.5) is 0 Å². The Bertz CT molecular complexity index is 349. The second-order valence-electron chi connectivity index (χ2n) is 5.44. The van der Waals surface area contributed by atoms with Crippen LogP contribution in [0.3, 0.4) is 0 Å². The molecular weight excluding hydrogens is 250 g/mol. The predicted octanol–water partition coefficient (Wildman–Crippen LogP) is 3.31. The molecule has 0 amide bonds. The SMILES string of the molecule is CCCCCC(NCC1COCCO1)c1ccccc1. The summed E-state index contributed by atoms with van der Waals surface area (Å²) in [5, 5.41) is 3.66. The van der Waals surface area contributed by atoms with E-state index in [-0.39, 0.29) is 6.10 Å². The highest BCUT2D eigenvalue weighted by atomic mass is 16.6. The third kappa shape index (κ3) is 5.23. The first-order valence-electron chi connectivity index (χ1n) is 7.88. The molecule has 0 aromatic heterocycles. The molecular formula is C17H27NO2. The minimum atomic E-state index is 0.195. The van der Waals surface area contributed by atoms with Gasteiger partial charge in [-0.25, -0.2) is 0 Å². The Morgan fingerprint density at radius 1 is 1.20 bits per heavy atom. The summed E-state index contributed by atoms with van der Waals surface area (Å²) in [7, 11) is 0. The Morgan fingerprint density at radius 3 is 2.75 bits per heavy atom. The molecule has 3 nitrogen and oxygen atoms in total. The largest absolute Gasteiger partial charge is 0.376 e. The third-order valence-electron chi connectivity index (χ3n) is 3.78. The smallest absolute Gasteiger partial charge is 0.0933 e. The second kappa shape index (κ2) is 9.11. The van der Waals surface area contributed by atoms with Gasteiger partial charge in [0, 0.05) is 12.6 Å². The van der Waals surface area contributed by atoms with E-state index in [2.05, 4.69) is 42.6 Å². The molecule has 0 saturated carbocycles. The van der Waals surface area contributed by atoms with Crippen LogP contribution >= 0.6 is 0 Å². The average Bonchev–Trinajstić information content (AvgIpc) is 2.52. The lowest BCUT2D eigenvalue weighted by atomic mass is 10.0. The van der Waals surface area contributed by atoms with Crippen molar-refractivity contribution in [3.63, 3.8) is 0 Å². The summed E-state index contributed by atoms with van der Waals surface area (Å²) in [4.78, 5) is 0. The van der Waals surface area contributed by atoms with Crippen molar-refractivity contribution in [3.05, 3.63) is 35.9 Å². The number of rotatable bonds is 8. The van der Waals surface area contributed by atoms with E-state index >= 15 is 0 Å². The van der Waals surface area contributed by atoms with Crippen molar-refractivity contribution in [3.8, 4) is 0 Å². The van der Waals surface area contributed by atoms with Gasteiger partial charge in [0.1, 0.15) is 0 Å². The first-order chi connectivity index (χ1) is 9.90. The van der Waals surface area contributed by atoms with Crippen LogP contribution in [0.25, 0.3) is 0 Å². The Balaban J connectivity index is 1.84. The highest BCUT2D eigenvalue weighted by molar-refractivity contribution is 5.18. The summed E-state index contributed by atoms with van der Waals surface area (Å²) in [5.41, 5.74) is 1.38. The first kappa shape index (κ1) is 15.5. The van der Waals surface area contributed by atoms with E-state index in [9.17, 15) is 0 Å². The predicted molar refractivity (Wildman–Crippen MR) is 81.9 cm³/mol. The number of benzene rings is 1. The molecule has 1 aromatic rings. The summed E-state index contributed by atoms with van der Waals surface area (Å²) in [5.74, 6) is 0. The lowest BCUT2D eigenvalue weighted by Crippen LogP contribution is -2.38. The van der Waals surface area contributed by atoms with Crippen molar-refractivity contribution < 1.29 is 9.47 Å². The maximum Gasteiger partial charge on any atom is 0.0933 e. The maximum atomic E-state index is 5.70. The lowest BCUT2D eigenvalue weighted by Gasteiger charge is -2.26. The molecule has 0 bridgehead atoms. The fraction of sp³-hybridized carbons (Fsp3) is 0.647. The van der Waals surface area contributed by atoms with Crippen LogP contribution in [0.5, 0.6) is 0 Å². The monoisotopic (exact) mass is 277 g/mol. The molecule has 1 aliphatic rings. The maximum absolute atomic E-state index is 5.70. The van der Waals surface area contributed by atoms with Crippen LogP contribution in [-0.4, -0.2) is 32.5 Å². The summed E-state index contributed by atoms with van der Waals surface area (Å²) in [6, 6.07) is 11.1. The van der Waals surface area contributed by atoms with Crippen LogP contribution in [0, 0.1) is 0 Å². The van der Waals surface area contributed by atoms with Gasteiger partial charge in [-0.05, 0) is 12.0 Å². The van der Waals surface area contributed by atoms with Crippen molar-refractivity contribution >= 4 is 0 Å². The lowest BCUT2D eigenvalue weighted by molar-refractivity contribution is -0.0871. The summed E-state index contributed by atoms with van der Waals surface area (Å²) in [6.45, 7) is 5.28. The number of unbranched alkanes of at least 4 members (excludes halogenated alkanes) is 2. The highest BCUT2D eigenvalue weighted by Crippen LogP contribution is 2.20. The van der Waals surface area contributed by atoms with E-state index in [1.807, 2.05) is 0 Å². The van der Waals surface area contributed by atoms with Crippen molar-refractivity contribution in [2.45, 2.75) is 44.8 Å². The standard InChI is InChI=1S/C17H27NO2/c1-2-3-5-10-17(15-8-6-4-7-9-15)18-13-16-14-19-11-12-20-16/h4,6-9,16-18H,2-3,5,10-14H2,1H3. The Morgan fingerprint density at radius 2 is 2.05 bits per heavy atom. The summed E-state index contributed by atoms with van der Waals surface area (Å²) in [6.07, 6.45) is 5.21. The highest BCUT2D eigenvalue weighted by Gasteiger charge is 2.17. The minimum absolute atomic E-state index is 0.195. The van der Waals surface area contributed by atoms with Gasteiger partial charge in [-0.3, -0.25) is 0 Å². The zero-order chi connectivity index (χ0) is 14.0. The molecule has 2 rings (SSSR count). The molecule has 1 fully saturated rings. The van der Waals surface area contributed by atoms with Crippen molar-refractivity contribution in [1.29, 1.82) is 0 Å². The van der Waals surface area contributed by atoms with E-state index in [0.717, 1.165) is 19.8 Å². The van der Waals surface area contributed by atoms with Crippen LogP contribution in [0.1, 0.15) is 44.2 Å². The first-order valence-corrected chi connectivity index (χ1v) is 7.88. The van der Waals surface area contributed by atoms with E-state index in [1.54, 1.807) is 0 Å². The van der Waals surface area contributed by atoms with Gasteiger partial charge >= 0.3 is 0 Å². The molecule has 2 atom stereocenters. The molecule has 0 spiro atoms. The minimum Gasteiger partial charge on any atom is -0.376 e. The van der Waals surface area contributed by atoms with Gasteiger partial charge in [0.25, 0.3) is 0 Å². The molecule has 20 heavy (non-hydrogen) atoms. The number of ether oxygens (including phenoxy) is 2. The Labute approximate surface area is 122 Å². The van der Waals surface area contributed by atoms with Crippen LogP contribution < -0.4 is 5.32 Å². The molecule has 1 aromatic carbocycles. The topological polar surface area (TPSA) is 30.5 Å². The molecule has 112 valence electrons. The molecule has 1 saturated heterocycles. The van der Waals surface area contributed by atoms with Crippen LogP contribution in [0.2, 0.25) is 0 Å². The van der Waals surface area contributed by atoms with Gasteiger partial charge in [-0.15, -0.1) is 0 Å². The second-order valence-corrected chi connectivity index (χ2v) is 5.44. The summed E-state index contributed by atoms with van der Waals surface area (Å²) < 4.78 is 11.2. The average molecular weight is 277 g/mol. The van der Waals surface area contributed by atoms with Crippen molar-refractivity contribution in [2.75, 3.05) is 26.4 Å². The van der Waals surface area contributed by atoms with Gasteiger partial charge in [0.15, 0.2) is 0 Å². The normalized spacial score (nSPS) is 20.8. The molecule has 3 heteroatoms. The number of hydrogen-bond donors (Lipinski definition) is 1. The fourth-order valence-electron chi connectivity index (χ4n) is 2.60. The Kier molecular flexibility index (Phi) is 7.06. The molecule has 2 unspecified atom stereocenters. The van der Waals surface area contributed by atoms with Gasteiger partial charge in [0.05, 0.1) is 25.9 Å². The third-order valence-corrected chi connectivity index (χ3v) is 3.78. The Hall–Kier alpha value is -0.900. The zero-order valence-corrected chi connectivity index (χ0v) is 12.5. The summed E-state index contributed by atoms with van der Waals surface area (Å²) >= 11 is 0. The zero-order valence-electron chi connectivity index (χ0n) is 12.5. The van der Waals surface area contributed by atoms with Crippen molar-refractivity contribution in [2.24, 2.45) is 0 Å².